The van der Waals surface area contributed by atoms with Gasteiger partial charge in [0.1, 0.15) is 5.75 Å². The van der Waals surface area contributed by atoms with Crippen LogP contribution < -0.4 is 0 Å². The van der Waals surface area contributed by atoms with Gasteiger partial charge in [0.25, 0.3) is 0 Å². The first-order valence-corrected chi connectivity index (χ1v) is 9.22. The summed E-state index contributed by atoms with van der Waals surface area (Å²) in [5.41, 5.74) is 2.28. The van der Waals surface area contributed by atoms with Crippen molar-refractivity contribution in [3.63, 3.8) is 0 Å². The van der Waals surface area contributed by atoms with Gasteiger partial charge in [0, 0.05) is 5.56 Å². The second kappa shape index (κ2) is 12.3. The fraction of sp³-hybridized carbons (Fsp3) is 0.619. The number of benzene rings is 1. The predicted molar refractivity (Wildman–Crippen MR) is 98.4 cm³/mol. The number of unbranched alkanes of at least 4 members (excludes halogenated alkanes) is 9. The molecule has 0 fully saturated rings. The molecule has 0 heterocycles. The van der Waals surface area contributed by atoms with E-state index in [1.807, 2.05) is 25.1 Å². The zero-order chi connectivity index (χ0) is 16.0. The number of aromatic hydroxyl groups is 1. The van der Waals surface area contributed by atoms with E-state index in [-0.39, 0.29) is 0 Å². The fourth-order valence-electron chi connectivity index (χ4n) is 2.89. The minimum absolute atomic E-state index is 0.380. The van der Waals surface area contributed by atoms with Crippen molar-refractivity contribution < 1.29 is 5.11 Å². The average Bonchev–Trinajstić information content (AvgIpc) is 2.52. The van der Waals surface area contributed by atoms with Crippen molar-refractivity contribution in [2.24, 2.45) is 0 Å². The van der Waals surface area contributed by atoms with Crippen LogP contribution in [0.5, 0.6) is 5.75 Å². The van der Waals surface area contributed by atoms with Gasteiger partial charge in [0.15, 0.2) is 0 Å². The third kappa shape index (κ3) is 8.26. The molecule has 0 radical (unpaired) electrons. The Morgan fingerprint density at radius 3 is 2.05 bits per heavy atom. The SMILES string of the molecule is CC=Cc1cc(CCCCCCCCCCCC)ccc1O. The number of allylic oxidation sites excluding steroid dienone is 1. The summed E-state index contributed by atoms with van der Waals surface area (Å²) in [5.74, 6) is 0.380. The zero-order valence-electron chi connectivity index (χ0n) is 14.6. The molecule has 1 aromatic rings. The number of hydrogen-bond acceptors (Lipinski definition) is 1. The smallest absolute Gasteiger partial charge is 0.122 e. The summed E-state index contributed by atoms with van der Waals surface area (Å²) in [7, 11) is 0. The number of rotatable bonds is 12. The van der Waals surface area contributed by atoms with E-state index >= 15 is 0 Å². The maximum absolute atomic E-state index is 9.76. The van der Waals surface area contributed by atoms with Gasteiger partial charge in [-0.05, 0) is 37.5 Å². The van der Waals surface area contributed by atoms with Crippen LogP contribution in [0.2, 0.25) is 0 Å². The first-order chi connectivity index (χ1) is 10.8. The second-order valence-corrected chi connectivity index (χ2v) is 6.33. The Morgan fingerprint density at radius 1 is 0.864 bits per heavy atom. The predicted octanol–water partition coefficient (Wildman–Crippen LogP) is 6.89. The molecule has 124 valence electrons. The minimum Gasteiger partial charge on any atom is -0.507 e. The molecule has 1 aromatic carbocycles. The van der Waals surface area contributed by atoms with Gasteiger partial charge in [0.05, 0.1) is 0 Å². The molecule has 0 saturated carbocycles. The Balaban J connectivity index is 2.08. The molecule has 0 aliphatic heterocycles. The van der Waals surface area contributed by atoms with Crippen molar-refractivity contribution >= 4 is 6.08 Å². The van der Waals surface area contributed by atoms with Crippen molar-refractivity contribution in [3.05, 3.63) is 35.4 Å². The van der Waals surface area contributed by atoms with Crippen LogP contribution in [0.1, 0.15) is 89.2 Å². The monoisotopic (exact) mass is 302 g/mol. The lowest BCUT2D eigenvalue weighted by Gasteiger charge is -2.05. The molecule has 1 nitrogen and oxygen atoms in total. The van der Waals surface area contributed by atoms with Crippen molar-refractivity contribution in [3.8, 4) is 5.75 Å². The maximum atomic E-state index is 9.76. The zero-order valence-corrected chi connectivity index (χ0v) is 14.6. The lowest BCUT2D eigenvalue weighted by molar-refractivity contribution is 0.473. The van der Waals surface area contributed by atoms with Crippen LogP contribution >= 0.6 is 0 Å². The summed E-state index contributed by atoms with van der Waals surface area (Å²) in [5, 5.41) is 9.76. The summed E-state index contributed by atoms with van der Waals surface area (Å²) in [4.78, 5) is 0. The van der Waals surface area contributed by atoms with E-state index in [0.29, 0.717) is 5.75 Å². The van der Waals surface area contributed by atoms with Gasteiger partial charge >= 0.3 is 0 Å². The first-order valence-electron chi connectivity index (χ1n) is 9.22. The first kappa shape index (κ1) is 18.8. The van der Waals surface area contributed by atoms with Crippen molar-refractivity contribution in [2.45, 2.75) is 84.5 Å². The minimum atomic E-state index is 0.380. The molecule has 0 spiro atoms. The molecule has 0 saturated heterocycles. The molecule has 1 N–H and O–H groups in total. The Bertz CT molecular complexity index is 420. The van der Waals surface area contributed by atoms with Crippen LogP contribution in [0.3, 0.4) is 0 Å². The number of aryl methyl sites for hydroxylation is 1. The third-order valence-corrected chi connectivity index (χ3v) is 4.26. The van der Waals surface area contributed by atoms with E-state index < -0.39 is 0 Å². The van der Waals surface area contributed by atoms with Crippen LogP contribution in [0.15, 0.2) is 24.3 Å². The Labute approximate surface area is 137 Å². The number of phenolic OH excluding ortho intramolecular Hbond substituents is 1. The lowest BCUT2D eigenvalue weighted by Crippen LogP contribution is -1.88. The van der Waals surface area contributed by atoms with Gasteiger partial charge in [-0.15, -0.1) is 0 Å². The standard InChI is InChI=1S/C21H34O/c1-3-5-6-7-8-9-10-11-12-13-15-19-16-17-21(22)20(18-19)14-4-2/h4,14,16-18,22H,3,5-13,15H2,1-2H3. The Kier molecular flexibility index (Phi) is 10.5. The van der Waals surface area contributed by atoms with Gasteiger partial charge in [-0.2, -0.15) is 0 Å². The summed E-state index contributed by atoms with van der Waals surface area (Å²) in [6.45, 7) is 4.25. The molecule has 1 rings (SSSR count). The van der Waals surface area contributed by atoms with Crippen LogP contribution in [0.4, 0.5) is 0 Å². The topological polar surface area (TPSA) is 20.2 Å². The summed E-state index contributed by atoms with van der Waals surface area (Å²) in [6.07, 6.45) is 18.8. The van der Waals surface area contributed by atoms with E-state index in [0.717, 1.165) is 12.0 Å². The highest BCUT2D eigenvalue weighted by Crippen LogP contribution is 2.21. The Hall–Kier alpha value is -1.24. The third-order valence-electron chi connectivity index (χ3n) is 4.26. The Morgan fingerprint density at radius 2 is 1.45 bits per heavy atom. The highest BCUT2D eigenvalue weighted by atomic mass is 16.3. The molecule has 0 atom stereocenters. The van der Waals surface area contributed by atoms with Crippen molar-refractivity contribution in [2.75, 3.05) is 0 Å². The summed E-state index contributed by atoms with van der Waals surface area (Å²) < 4.78 is 0. The molecule has 0 unspecified atom stereocenters. The largest absolute Gasteiger partial charge is 0.507 e. The summed E-state index contributed by atoms with van der Waals surface area (Å²) in [6, 6.07) is 5.99. The molecule has 0 amide bonds. The van der Waals surface area contributed by atoms with E-state index in [2.05, 4.69) is 19.1 Å². The van der Waals surface area contributed by atoms with E-state index in [1.165, 1.54) is 69.8 Å². The van der Waals surface area contributed by atoms with Crippen LogP contribution in [-0.2, 0) is 6.42 Å². The van der Waals surface area contributed by atoms with E-state index in [1.54, 1.807) is 0 Å². The number of hydrogen-bond donors (Lipinski definition) is 1. The molecular weight excluding hydrogens is 268 g/mol. The molecule has 0 aliphatic rings. The summed E-state index contributed by atoms with van der Waals surface area (Å²) >= 11 is 0. The maximum Gasteiger partial charge on any atom is 0.122 e. The van der Waals surface area contributed by atoms with Crippen LogP contribution in [0, 0.1) is 0 Å². The molecule has 0 aliphatic carbocycles. The van der Waals surface area contributed by atoms with E-state index in [9.17, 15) is 5.11 Å². The number of phenols is 1. The van der Waals surface area contributed by atoms with Crippen molar-refractivity contribution in [1.82, 2.24) is 0 Å². The molecule has 1 heteroatoms. The van der Waals surface area contributed by atoms with Gasteiger partial charge in [-0.25, -0.2) is 0 Å². The van der Waals surface area contributed by atoms with E-state index in [4.69, 9.17) is 0 Å². The second-order valence-electron chi connectivity index (χ2n) is 6.33. The van der Waals surface area contributed by atoms with Gasteiger partial charge < -0.3 is 5.11 Å². The normalized spacial score (nSPS) is 11.4. The van der Waals surface area contributed by atoms with Crippen LogP contribution in [0.25, 0.3) is 6.08 Å². The van der Waals surface area contributed by atoms with Gasteiger partial charge in [-0.1, -0.05) is 82.9 Å². The molecule has 0 aromatic heterocycles. The van der Waals surface area contributed by atoms with Gasteiger partial charge in [-0.3, -0.25) is 0 Å². The van der Waals surface area contributed by atoms with Gasteiger partial charge in [0.2, 0.25) is 0 Å². The highest BCUT2D eigenvalue weighted by Gasteiger charge is 2.00. The highest BCUT2D eigenvalue weighted by molar-refractivity contribution is 5.57. The molecular formula is C21H34O. The lowest BCUT2D eigenvalue weighted by atomic mass is 10.0. The van der Waals surface area contributed by atoms with Crippen molar-refractivity contribution in [1.29, 1.82) is 0 Å². The van der Waals surface area contributed by atoms with Crippen LogP contribution in [-0.4, -0.2) is 5.11 Å². The molecule has 22 heavy (non-hydrogen) atoms. The average molecular weight is 303 g/mol. The molecule has 0 bridgehead atoms. The quantitative estimate of drug-likeness (QED) is 0.417. The fourth-order valence-corrected chi connectivity index (χ4v) is 2.89.